The van der Waals surface area contributed by atoms with Crippen molar-refractivity contribution in [3.63, 3.8) is 0 Å². The fourth-order valence-electron chi connectivity index (χ4n) is 5.09. The molecule has 1 aromatic rings. The average molecular weight is 512 g/mol. The first-order valence-corrected chi connectivity index (χ1v) is 13.2. The first-order valence-electron chi connectivity index (χ1n) is 12.3. The van der Waals surface area contributed by atoms with Gasteiger partial charge in [-0.3, -0.25) is 9.59 Å². The Morgan fingerprint density at radius 1 is 1.19 bits per heavy atom. The molecular weight excluding hydrogens is 478 g/mol. The minimum Gasteiger partial charge on any atom is -0.466 e. The number of carbonyl (C=O) groups is 3. The van der Waals surface area contributed by atoms with E-state index in [-0.39, 0.29) is 24.2 Å². The minimum absolute atomic E-state index is 0.0534. The van der Waals surface area contributed by atoms with E-state index in [0.29, 0.717) is 31.0 Å². The maximum atomic E-state index is 13.4. The van der Waals surface area contributed by atoms with E-state index in [1.165, 1.54) is 18.9 Å². The summed E-state index contributed by atoms with van der Waals surface area (Å²) in [5.74, 6) is -1.02. The lowest BCUT2D eigenvalue weighted by Crippen LogP contribution is -2.44. The van der Waals surface area contributed by atoms with Crippen LogP contribution in [0, 0.1) is 19.8 Å². The molecule has 0 aliphatic carbocycles. The molecule has 0 N–H and O–H groups in total. The van der Waals surface area contributed by atoms with E-state index in [0.717, 1.165) is 40.4 Å². The Hall–Kier alpha value is -3.07. The molecule has 0 radical (unpaired) electrons. The highest BCUT2D eigenvalue weighted by molar-refractivity contribution is 8.16. The van der Waals surface area contributed by atoms with Gasteiger partial charge in [-0.2, -0.15) is 0 Å². The first kappa shape index (κ1) is 26.0. The van der Waals surface area contributed by atoms with E-state index in [2.05, 4.69) is 11.1 Å². The normalized spacial score (nSPS) is 21.6. The van der Waals surface area contributed by atoms with Crippen molar-refractivity contribution in [3.05, 3.63) is 57.3 Å². The lowest BCUT2D eigenvalue weighted by atomic mass is 9.90. The van der Waals surface area contributed by atoms with Crippen LogP contribution in [0.4, 0.5) is 0 Å². The number of hydrogen-bond acceptors (Lipinski definition) is 8. The SMILES string of the molecule is CCOC(=O)[C@H]1CCCN(C(=O)CC2=CSC3=NC(C)=C(C(=O)OC)[C@H](c4ccc(C)cc4C)N23)C1. The molecule has 1 amide bonds. The molecule has 0 bridgehead atoms. The number of fused-ring (bicyclic) bond motifs is 1. The Labute approximate surface area is 216 Å². The highest BCUT2D eigenvalue weighted by Gasteiger charge is 2.42. The summed E-state index contributed by atoms with van der Waals surface area (Å²) in [5, 5.41) is 2.67. The van der Waals surface area contributed by atoms with Crippen LogP contribution in [0.1, 0.15) is 55.8 Å². The third-order valence-corrected chi connectivity index (χ3v) is 7.74. The number of amidine groups is 1. The summed E-state index contributed by atoms with van der Waals surface area (Å²) < 4.78 is 10.3. The highest BCUT2D eigenvalue weighted by atomic mass is 32.2. The number of piperidine rings is 1. The smallest absolute Gasteiger partial charge is 0.338 e. The minimum atomic E-state index is -0.451. The summed E-state index contributed by atoms with van der Waals surface area (Å²) in [4.78, 5) is 47.0. The van der Waals surface area contributed by atoms with Crippen molar-refractivity contribution in [1.82, 2.24) is 9.80 Å². The van der Waals surface area contributed by atoms with Crippen molar-refractivity contribution in [1.29, 1.82) is 0 Å². The number of nitrogens with zero attached hydrogens (tertiary/aromatic N) is 3. The van der Waals surface area contributed by atoms with Gasteiger partial charge in [0, 0.05) is 18.8 Å². The molecule has 3 heterocycles. The zero-order valence-corrected chi connectivity index (χ0v) is 22.3. The van der Waals surface area contributed by atoms with Crippen molar-refractivity contribution in [3.8, 4) is 0 Å². The van der Waals surface area contributed by atoms with Crippen LogP contribution in [0.3, 0.4) is 0 Å². The van der Waals surface area contributed by atoms with Gasteiger partial charge in [-0.1, -0.05) is 35.5 Å². The number of rotatable bonds is 6. The number of aliphatic imine (C=N–C) groups is 1. The number of ether oxygens (including phenoxy) is 2. The Morgan fingerprint density at radius 3 is 2.67 bits per heavy atom. The predicted octanol–water partition coefficient (Wildman–Crippen LogP) is 4.24. The number of aryl methyl sites for hydroxylation is 2. The predicted molar refractivity (Wildman–Crippen MR) is 139 cm³/mol. The summed E-state index contributed by atoms with van der Waals surface area (Å²) in [6.45, 7) is 8.98. The Bertz CT molecular complexity index is 1170. The van der Waals surface area contributed by atoms with Gasteiger partial charge in [-0.25, -0.2) is 9.79 Å². The lowest BCUT2D eigenvalue weighted by molar-refractivity contribution is -0.151. The summed E-state index contributed by atoms with van der Waals surface area (Å²) in [6, 6.07) is 5.70. The van der Waals surface area contributed by atoms with Crippen molar-refractivity contribution >= 4 is 34.8 Å². The number of carbonyl (C=O) groups excluding carboxylic acids is 3. The molecular formula is C27H33N3O5S. The van der Waals surface area contributed by atoms with Gasteiger partial charge in [0.15, 0.2) is 5.17 Å². The highest BCUT2D eigenvalue weighted by Crippen LogP contribution is 2.45. The maximum absolute atomic E-state index is 13.4. The van der Waals surface area contributed by atoms with Crippen LogP contribution < -0.4 is 0 Å². The van der Waals surface area contributed by atoms with Gasteiger partial charge in [0.1, 0.15) is 0 Å². The van der Waals surface area contributed by atoms with E-state index in [9.17, 15) is 14.4 Å². The standard InChI is InChI=1S/C27H33N3O5S/c1-6-35-25(32)19-8-7-11-29(14-19)22(31)13-20-15-36-27-28-18(4)23(26(33)34-5)24(30(20)27)21-10-9-16(2)12-17(21)3/h9-10,12,15,19,24H,6-8,11,13-14H2,1-5H3/t19-,24-/m0/s1. The summed E-state index contributed by atoms with van der Waals surface area (Å²) >= 11 is 1.45. The van der Waals surface area contributed by atoms with E-state index < -0.39 is 12.0 Å². The molecule has 0 unspecified atom stereocenters. The topological polar surface area (TPSA) is 88.5 Å². The Balaban J connectivity index is 1.62. The van der Waals surface area contributed by atoms with Gasteiger partial charge in [-0.15, -0.1) is 0 Å². The van der Waals surface area contributed by atoms with Gasteiger partial charge < -0.3 is 19.3 Å². The molecule has 0 spiro atoms. The molecule has 1 fully saturated rings. The maximum Gasteiger partial charge on any atom is 0.338 e. The average Bonchev–Trinajstić information content (AvgIpc) is 3.25. The molecule has 1 saturated heterocycles. The molecule has 1 aromatic carbocycles. The van der Waals surface area contributed by atoms with Gasteiger partial charge in [0.2, 0.25) is 5.91 Å². The van der Waals surface area contributed by atoms with Crippen LogP contribution in [0.25, 0.3) is 0 Å². The van der Waals surface area contributed by atoms with Crippen molar-refractivity contribution < 1.29 is 23.9 Å². The molecule has 3 aliphatic heterocycles. The number of amides is 1. The fourth-order valence-corrected chi connectivity index (χ4v) is 6.05. The number of thioether (sulfide) groups is 1. The fraction of sp³-hybridized carbons (Fsp3) is 0.481. The summed E-state index contributed by atoms with van der Waals surface area (Å²) in [5.41, 5.74) is 5.00. The molecule has 4 rings (SSSR count). The van der Waals surface area contributed by atoms with Crippen LogP contribution in [-0.4, -0.2) is 59.6 Å². The molecule has 36 heavy (non-hydrogen) atoms. The summed E-state index contributed by atoms with van der Waals surface area (Å²) in [7, 11) is 1.37. The number of likely N-dealkylation sites (tertiary alicyclic amines) is 1. The molecule has 2 atom stereocenters. The lowest BCUT2D eigenvalue weighted by Gasteiger charge is -2.38. The van der Waals surface area contributed by atoms with Crippen molar-refractivity contribution in [2.75, 3.05) is 26.8 Å². The summed E-state index contributed by atoms with van der Waals surface area (Å²) in [6.07, 6.45) is 1.64. The number of allylic oxidation sites excluding steroid dienone is 1. The van der Waals surface area contributed by atoms with E-state index in [1.807, 2.05) is 43.2 Å². The van der Waals surface area contributed by atoms with Crippen LogP contribution in [0.5, 0.6) is 0 Å². The Morgan fingerprint density at radius 2 is 1.97 bits per heavy atom. The van der Waals surface area contributed by atoms with Crippen molar-refractivity contribution in [2.45, 2.75) is 53.0 Å². The molecule has 9 heteroatoms. The zero-order chi connectivity index (χ0) is 26.0. The Kier molecular flexibility index (Phi) is 7.88. The molecule has 0 saturated carbocycles. The quantitative estimate of drug-likeness (QED) is 0.528. The van der Waals surface area contributed by atoms with Crippen LogP contribution >= 0.6 is 11.8 Å². The second-order valence-corrected chi connectivity index (χ2v) is 10.2. The van der Waals surface area contributed by atoms with E-state index in [1.54, 1.807) is 11.8 Å². The number of benzene rings is 1. The second kappa shape index (κ2) is 10.9. The molecule has 0 aromatic heterocycles. The van der Waals surface area contributed by atoms with Gasteiger partial charge >= 0.3 is 11.9 Å². The monoisotopic (exact) mass is 511 g/mol. The van der Waals surface area contributed by atoms with E-state index >= 15 is 0 Å². The van der Waals surface area contributed by atoms with Gasteiger partial charge in [0.25, 0.3) is 0 Å². The van der Waals surface area contributed by atoms with Gasteiger partial charge in [0.05, 0.1) is 43.4 Å². The van der Waals surface area contributed by atoms with Crippen molar-refractivity contribution in [2.24, 2.45) is 10.9 Å². The molecule has 3 aliphatic rings. The van der Waals surface area contributed by atoms with Crippen LogP contribution in [0.15, 0.2) is 45.6 Å². The van der Waals surface area contributed by atoms with Crippen LogP contribution in [0.2, 0.25) is 0 Å². The number of methoxy groups -OCH3 is 1. The second-order valence-electron chi connectivity index (χ2n) is 9.35. The third kappa shape index (κ3) is 5.07. The molecule has 192 valence electrons. The number of hydrogen-bond donors (Lipinski definition) is 0. The largest absolute Gasteiger partial charge is 0.466 e. The molecule has 8 nitrogen and oxygen atoms in total. The number of esters is 2. The zero-order valence-electron chi connectivity index (χ0n) is 21.5. The first-order chi connectivity index (χ1) is 17.2. The third-order valence-electron chi connectivity index (χ3n) is 6.85. The van der Waals surface area contributed by atoms with Gasteiger partial charge in [-0.05, 0) is 57.1 Å². The van der Waals surface area contributed by atoms with Crippen LogP contribution in [-0.2, 0) is 23.9 Å². The van der Waals surface area contributed by atoms with E-state index in [4.69, 9.17) is 9.47 Å².